The van der Waals surface area contributed by atoms with Gasteiger partial charge in [0.25, 0.3) is 16.6 Å². The van der Waals surface area contributed by atoms with Crippen LogP contribution in [-0.2, 0) is 80.1 Å². The molecule has 12 rings (SSSR count). The standard InChI is InChI=1S/C100H128O19SSi3/c1-16-68(5)59-74(117-121(17-2,18-3)19-4)56-57-84-69(6)60-75(111-84)64-89(120(105,106)77-45-31-22-32-46-77)83(102)65-88-93(118-122(99(7,8)9,78-47-33-23-34-48-78)79-49-35-24-36-50-79)94-95(116-88)96(119-123(100(10,11)12,80-51-37-25-38-52-80)81-53-39-26-40-54-81)92-85(115-94)58-55-73(112-92)61-72(101)62-82-86(66-90(107-13)108-14)114-87(91(82)109-15)63-76(113-98(104)71-43-29-21-30-44-71)67-110-97(103)70-41-27-20-28-42-70/h20-54,73-76,82,84-96H,1,6,17-19,55-67H2,2-5,7-15H3/t73-,74+,75-,76-,82+,84+,85+,86+,87-,88-,89?,91-,92+,93+,94+,95-,96+/m1/s1. The molecule has 0 aromatic heterocycles. The highest BCUT2D eigenvalue weighted by atomic mass is 32.2. The monoisotopic (exact) mass is 1750 g/mol. The third-order valence-corrected chi connectivity index (χ3v) is 43.0. The van der Waals surface area contributed by atoms with E-state index < -0.39 is 172 Å². The molecule has 0 saturated carbocycles. The van der Waals surface area contributed by atoms with Crippen LogP contribution in [0.1, 0.15) is 167 Å². The molecule has 17 atom stereocenters. The minimum Gasteiger partial charge on any atom is -0.458 e. The van der Waals surface area contributed by atoms with E-state index in [9.17, 15) is 9.59 Å². The van der Waals surface area contributed by atoms with Crippen LogP contribution in [-0.4, -0.2) is 188 Å². The summed E-state index contributed by atoms with van der Waals surface area (Å²) in [6.45, 7) is 30.1. The Bertz CT molecular complexity index is 4670. The Morgan fingerprint density at radius 1 is 0.528 bits per heavy atom. The van der Waals surface area contributed by atoms with E-state index >= 15 is 18.0 Å². The largest absolute Gasteiger partial charge is 0.458 e. The molecule has 19 nitrogen and oxygen atoms in total. The average Bonchev–Trinajstić information content (AvgIpc) is 1.63. The van der Waals surface area contributed by atoms with E-state index in [0.29, 0.717) is 49.7 Å². The van der Waals surface area contributed by atoms with Crippen molar-refractivity contribution in [2.75, 3.05) is 27.9 Å². The smallest absolute Gasteiger partial charge is 0.338 e. The third kappa shape index (κ3) is 21.7. The van der Waals surface area contributed by atoms with Crippen molar-refractivity contribution in [2.45, 2.75) is 282 Å². The number of hydrogen-bond acceptors (Lipinski definition) is 19. The lowest BCUT2D eigenvalue weighted by molar-refractivity contribution is -0.254. The van der Waals surface area contributed by atoms with Crippen molar-refractivity contribution >= 4 is 79.0 Å². The van der Waals surface area contributed by atoms with Crippen molar-refractivity contribution < 1.29 is 88.2 Å². The van der Waals surface area contributed by atoms with Gasteiger partial charge in [-0.1, -0.05) is 251 Å². The van der Waals surface area contributed by atoms with Crippen LogP contribution in [0.15, 0.2) is 247 Å². The zero-order chi connectivity index (χ0) is 87.9. The number of carbonyl (C=O) groups is 4. The number of carbonyl (C=O) groups excluding carboxylic acids is 4. The fourth-order valence-corrected chi connectivity index (χ4v) is 33.6. The second-order valence-electron chi connectivity index (χ2n) is 35.9. The SMILES string of the molecule is C=C=C(C)C[C@H](CC[C@@H]1O[C@@H](CC(C(=O)C[C@H]2O[C@H]3[C@@H](O[Si](c4ccccc4)(c4ccccc4)C(C)(C)C)[C@H]4O[C@@H](CC(=O)C[C@@H]5[C@@H](OC)[C@@H](C[C@H](COC(=O)c6ccccc6)OC(=O)c6ccccc6)O[C@H]5CC(OC)OC)CC[C@@H]4O[C@H]3[C@H]2O[Si](c2ccccc2)(c2ccccc2)C(C)(C)C)S(=O)(=O)c2ccccc2)CC1=C)O[Si](CC)(CC)CC. The molecule has 0 aliphatic carbocycles. The number of benzene rings is 7. The summed E-state index contributed by atoms with van der Waals surface area (Å²) in [7, 11) is -9.21. The van der Waals surface area contributed by atoms with Crippen LogP contribution in [0.5, 0.6) is 0 Å². The van der Waals surface area contributed by atoms with Gasteiger partial charge in [-0.05, 0) is 142 Å². The number of esters is 2. The predicted octanol–water partition coefficient (Wildman–Crippen LogP) is 16.4. The summed E-state index contributed by atoms with van der Waals surface area (Å²) in [6.07, 6.45) is -9.94. The molecule has 5 heterocycles. The number of fused-ring (bicyclic) bond motifs is 2. The Kier molecular flexibility index (Phi) is 32.4. The molecule has 0 N–H and O–H groups in total. The topological polar surface area (TPSA) is 222 Å². The number of sulfone groups is 1. The lowest BCUT2D eigenvalue weighted by Gasteiger charge is -2.53. The van der Waals surface area contributed by atoms with Gasteiger partial charge in [0.1, 0.15) is 54.3 Å². The van der Waals surface area contributed by atoms with Crippen molar-refractivity contribution in [2.24, 2.45) is 5.92 Å². The number of ether oxygens (including phenoxy) is 10. The van der Waals surface area contributed by atoms with Crippen molar-refractivity contribution in [1.29, 1.82) is 0 Å². The number of rotatable bonds is 41. The lowest BCUT2D eigenvalue weighted by atomic mass is 9.85. The molecule has 5 fully saturated rings. The first kappa shape index (κ1) is 94.4. The Labute approximate surface area is 732 Å². The molecule has 0 bridgehead atoms. The van der Waals surface area contributed by atoms with Gasteiger partial charge in [-0.25, -0.2) is 18.0 Å². The maximum atomic E-state index is 16.6. The molecule has 5 aliphatic rings. The first-order valence-corrected chi connectivity index (χ1v) is 51.9. The minimum atomic E-state index is -4.46. The van der Waals surface area contributed by atoms with Gasteiger partial charge in [0.15, 0.2) is 30.2 Å². The molecule has 0 spiro atoms. The molecule has 7 aromatic rings. The van der Waals surface area contributed by atoms with E-state index in [2.05, 4.69) is 130 Å². The van der Waals surface area contributed by atoms with E-state index in [-0.39, 0.29) is 55.5 Å². The molecule has 0 radical (unpaired) electrons. The van der Waals surface area contributed by atoms with Gasteiger partial charge in [0.05, 0.1) is 64.9 Å². The van der Waals surface area contributed by atoms with Gasteiger partial charge < -0.3 is 60.6 Å². The Balaban J connectivity index is 0.915. The predicted molar refractivity (Wildman–Crippen MR) is 485 cm³/mol. The summed E-state index contributed by atoms with van der Waals surface area (Å²) in [5.74, 6) is -2.52. The zero-order valence-electron chi connectivity index (χ0n) is 74.0. The molecular weight excluding hydrogens is 1620 g/mol. The highest BCUT2D eigenvalue weighted by Gasteiger charge is 2.65. The van der Waals surface area contributed by atoms with E-state index in [1.54, 1.807) is 98.1 Å². The fourth-order valence-electron chi connectivity index (χ4n) is 19.6. The van der Waals surface area contributed by atoms with Crippen molar-refractivity contribution in [3.05, 3.63) is 253 Å². The van der Waals surface area contributed by atoms with Crippen LogP contribution in [0, 0.1) is 5.92 Å². The first-order chi connectivity index (χ1) is 59.1. The van der Waals surface area contributed by atoms with E-state index in [1.165, 1.54) is 14.2 Å². The van der Waals surface area contributed by atoms with Crippen LogP contribution in [0.25, 0.3) is 0 Å². The van der Waals surface area contributed by atoms with Crippen molar-refractivity contribution in [3.8, 4) is 0 Å². The summed E-state index contributed by atoms with van der Waals surface area (Å²) >= 11 is 0. The molecule has 1 unspecified atom stereocenters. The quantitative estimate of drug-likeness (QED) is 0.0114. The molecule has 123 heavy (non-hydrogen) atoms. The summed E-state index contributed by atoms with van der Waals surface area (Å²) in [6, 6.07) is 69.5. The van der Waals surface area contributed by atoms with Gasteiger partial charge >= 0.3 is 11.9 Å². The second kappa shape index (κ2) is 42.2. The maximum absolute atomic E-state index is 16.6. The highest BCUT2D eigenvalue weighted by Crippen LogP contribution is 2.50. The highest BCUT2D eigenvalue weighted by molar-refractivity contribution is 7.92. The second-order valence-corrected chi connectivity index (χ2v) is 51.3. The average molecular weight is 1750 g/mol. The van der Waals surface area contributed by atoms with E-state index in [4.69, 9.17) is 60.6 Å². The van der Waals surface area contributed by atoms with Crippen LogP contribution in [0.4, 0.5) is 0 Å². The van der Waals surface area contributed by atoms with Gasteiger partial charge in [0.2, 0.25) is 0 Å². The Morgan fingerprint density at radius 3 is 1.52 bits per heavy atom. The normalized spacial score (nSPS) is 24.5. The number of Topliss-reactive ketones (excluding diaryl/α,β-unsaturated/α-hetero) is 2. The first-order valence-electron chi connectivity index (χ1n) is 44.0. The van der Waals surface area contributed by atoms with E-state index in [1.807, 2.05) is 79.7 Å². The lowest BCUT2D eigenvalue weighted by Crippen LogP contribution is -2.73. The summed E-state index contributed by atoms with van der Waals surface area (Å²) in [5.41, 5.74) is 5.57. The number of ketones is 2. The van der Waals surface area contributed by atoms with Crippen LogP contribution in [0.2, 0.25) is 28.2 Å². The fraction of sp³-hybridized carbons (Fsp3) is 0.490. The van der Waals surface area contributed by atoms with Crippen LogP contribution < -0.4 is 20.7 Å². The summed E-state index contributed by atoms with van der Waals surface area (Å²) < 4.78 is 123. The molecule has 660 valence electrons. The van der Waals surface area contributed by atoms with Gasteiger partial charge in [-0.2, -0.15) is 0 Å². The molecule has 0 amide bonds. The third-order valence-electron chi connectivity index (χ3n) is 26.1. The van der Waals surface area contributed by atoms with Crippen LogP contribution in [0.3, 0.4) is 0 Å². The molecular formula is C100H128O19SSi3. The Hall–Kier alpha value is -7.76. The molecule has 5 aliphatic heterocycles. The summed E-state index contributed by atoms with van der Waals surface area (Å²) in [4.78, 5) is 59.6. The maximum Gasteiger partial charge on any atom is 0.338 e. The molecule has 5 saturated heterocycles. The van der Waals surface area contributed by atoms with Gasteiger partial charge in [-0.3, -0.25) is 9.59 Å². The number of hydrogen-bond donors (Lipinski definition) is 0. The Morgan fingerprint density at radius 2 is 1.02 bits per heavy atom. The van der Waals surface area contributed by atoms with Crippen LogP contribution >= 0.6 is 0 Å². The molecule has 23 heteroatoms. The van der Waals surface area contributed by atoms with Crippen molar-refractivity contribution in [3.63, 3.8) is 0 Å². The van der Waals surface area contributed by atoms with Gasteiger partial charge in [0, 0.05) is 71.9 Å². The van der Waals surface area contributed by atoms with Crippen molar-refractivity contribution in [1.82, 2.24) is 0 Å². The minimum absolute atomic E-state index is 0.00763. The number of methoxy groups -OCH3 is 3. The summed E-state index contributed by atoms with van der Waals surface area (Å²) in [5, 5.41) is 1.10. The van der Waals surface area contributed by atoms with Gasteiger partial charge in [-0.15, -0.1) is 5.73 Å². The van der Waals surface area contributed by atoms with E-state index in [0.717, 1.165) is 50.0 Å². The molecule has 7 aromatic carbocycles. The zero-order valence-corrected chi connectivity index (χ0v) is 77.8.